The molecule has 0 atom stereocenters. The molecule has 0 aliphatic rings. The minimum atomic E-state index is -3.49. The quantitative estimate of drug-likeness (QED) is 0.703. The molecule has 0 aliphatic heterocycles. The molecule has 0 amide bonds. The number of anilines is 1. The van der Waals surface area contributed by atoms with Crippen LogP contribution in [0.3, 0.4) is 0 Å². The Morgan fingerprint density at radius 1 is 1.22 bits per heavy atom. The van der Waals surface area contributed by atoms with Crippen LogP contribution in [-0.4, -0.2) is 34.7 Å². The lowest BCUT2D eigenvalue weighted by Crippen LogP contribution is -2.28. The molecule has 0 heterocycles. The van der Waals surface area contributed by atoms with Crippen molar-refractivity contribution in [3.05, 3.63) is 24.3 Å². The van der Waals surface area contributed by atoms with Gasteiger partial charge in [-0.15, -0.1) is 0 Å². The van der Waals surface area contributed by atoms with Gasteiger partial charge in [0.25, 0.3) is 0 Å². The molecule has 0 fully saturated rings. The molecule has 2 N–H and O–H groups in total. The molecule has 0 radical (unpaired) electrons. The monoisotopic (exact) mass is 272 g/mol. The second-order valence-corrected chi connectivity index (χ2v) is 5.36. The van der Waals surface area contributed by atoms with Gasteiger partial charge in [-0.1, -0.05) is 12.1 Å². The van der Waals surface area contributed by atoms with Gasteiger partial charge in [-0.3, -0.25) is 0 Å². The summed E-state index contributed by atoms with van der Waals surface area (Å²) in [5, 5.41) is 3.03. The number of nitrogens with one attached hydrogen (secondary N) is 2. The van der Waals surface area contributed by atoms with Crippen molar-refractivity contribution in [1.82, 2.24) is 4.72 Å². The number of rotatable bonds is 8. The summed E-state index contributed by atoms with van der Waals surface area (Å²) in [6, 6.07) is 6.84. The van der Waals surface area contributed by atoms with Gasteiger partial charge in [0.05, 0.1) is 12.3 Å². The molecule has 0 bridgehead atoms. The highest BCUT2D eigenvalue weighted by molar-refractivity contribution is 7.89. The highest BCUT2D eigenvalue weighted by Crippen LogP contribution is 2.19. The van der Waals surface area contributed by atoms with Crippen LogP contribution in [0.25, 0.3) is 0 Å². The van der Waals surface area contributed by atoms with Crippen molar-refractivity contribution >= 4 is 15.7 Å². The zero-order chi connectivity index (χ0) is 13.4. The summed E-state index contributed by atoms with van der Waals surface area (Å²) in [7, 11) is -3.49. The third-order valence-electron chi connectivity index (χ3n) is 2.29. The van der Waals surface area contributed by atoms with Crippen LogP contribution >= 0.6 is 0 Å². The molecule has 18 heavy (non-hydrogen) atoms. The first-order valence-corrected chi connectivity index (χ1v) is 7.50. The lowest BCUT2D eigenvalue weighted by atomic mass is 10.3. The maximum absolute atomic E-state index is 12.1. The van der Waals surface area contributed by atoms with E-state index >= 15 is 0 Å². The van der Waals surface area contributed by atoms with E-state index in [1.807, 2.05) is 13.8 Å². The third-order valence-corrected chi connectivity index (χ3v) is 3.81. The fourth-order valence-corrected chi connectivity index (χ4v) is 2.70. The summed E-state index contributed by atoms with van der Waals surface area (Å²) in [5.74, 6) is 0. The van der Waals surface area contributed by atoms with Crippen LogP contribution in [0.1, 0.15) is 13.8 Å². The Hall–Kier alpha value is -1.11. The highest BCUT2D eigenvalue weighted by Gasteiger charge is 2.16. The zero-order valence-corrected chi connectivity index (χ0v) is 11.6. The van der Waals surface area contributed by atoms with Crippen molar-refractivity contribution in [3.63, 3.8) is 0 Å². The fraction of sp³-hybridized carbons (Fsp3) is 0.500. The Bertz CT molecular complexity index is 460. The van der Waals surface area contributed by atoms with Gasteiger partial charge in [0.1, 0.15) is 4.90 Å². The predicted octanol–water partition coefficient (Wildman–Crippen LogP) is 1.43. The second-order valence-electron chi connectivity index (χ2n) is 3.62. The Kier molecular flexibility index (Phi) is 6.11. The second kappa shape index (κ2) is 7.35. The van der Waals surface area contributed by atoms with Gasteiger partial charge >= 0.3 is 0 Å². The average Bonchev–Trinajstić information content (AvgIpc) is 2.36. The van der Waals surface area contributed by atoms with Crippen LogP contribution in [0.5, 0.6) is 0 Å². The molecular formula is C12H20N2O3S. The van der Waals surface area contributed by atoms with Crippen molar-refractivity contribution in [2.45, 2.75) is 18.7 Å². The smallest absolute Gasteiger partial charge is 0.242 e. The maximum atomic E-state index is 12.1. The lowest BCUT2D eigenvalue weighted by molar-refractivity contribution is 0.153. The molecule has 0 unspecified atom stereocenters. The SMILES string of the molecule is CCNc1ccccc1S(=O)(=O)NCCOCC. The lowest BCUT2D eigenvalue weighted by Gasteiger charge is -2.12. The van der Waals surface area contributed by atoms with Crippen LogP contribution in [0.4, 0.5) is 5.69 Å². The molecule has 0 spiro atoms. The fourth-order valence-electron chi connectivity index (χ4n) is 1.51. The van der Waals surface area contributed by atoms with E-state index in [-0.39, 0.29) is 11.4 Å². The van der Waals surface area contributed by atoms with Crippen molar-refractivity contribution in [3.8, 4) is 0 Å². The topological polar surface area (TPSA) is 67.4 Å². The van der Waals surface area contributed by atoms with Crippen LogP contribution in [0, 0.1) is 0 Å². The highest BCUT2D eigenvalue weighted by atomic mass is 32.2. The van der Waals surface area contributed by atoms with E-state index in [9.17, 15) is 8.42 Å². The first-order chi connectivity index (χ1) is 8.61. The first kappa shape index (κ1) is 14.9. The van der Waals surface area contributed by atoms with E-state index in [0.717, 1.165) is 0 Å². The molecule has 6 heteroatoms. The minimum Gasteiger partial charge on any atom is -0.384 e. The molecule has 5 nitrogen and oxygen atoms in total. The van der Waals surface area contributed by atoms with E-state index in [4.69, 9.17) is 4.74 Å². The molecule has 102 valence electrons. The van der Waals surface area contributed by atoms with Crippen LogP contribution < -0.4 is 10.0 Å². The minimum absolute atomic E-state index is 0.267. The van der Waals surface area contributed by atoms with Gasteiger partial charge in [-0.25, -0.2) is 13.1 Å². The van der Waals surface area contributed by atoms with E-state index in [2.05, 4.69) is 10.0 Å². The van der Waals surface area contributed by atoms with Crippen molar-refractivity contribution in [1.29, 1.82) is 0 Å². The standard InChI is InChI=1S/C12H20N2O3S/c1-3-13-11-7-5-6-8-12(11)18(15,16)14-9-10-17-4-2/h5-8,13-14H,3-4,9-10H2,1-2H3. The first-order valence-electron chi connectivity index (χ1n) is 6.02. The number of para-hydroxylation sites is 1. The normalized spacial score (nSPS) is 11.4. The van der Waals surface area contributed by atoms with E-state index in [0.29, 0.717) is 25.4 Å². The molecule has 0 saturated carbocycles. The molecule has 1 rings (SSSR count). The van der Waals surface area contributed by atoms with Crippen molar-refractivity contribution < 1.29 is 13.2 Å². The Morgan fingerprint density at radius 3 is 2.61 bits per heavy atom. The number of hydrogen-bond donors (Lipinski definition) is 2. The van der Waals surface area contributed by atoms with Crippen molar-refractivity contribution in [2.75, 3.05) is 31.6 Å². The zero-order valence-electron chi connectivity index (χ0n) is 10.8. The third kappa shape index (κ3) is 4.29. The summed E-state index contributed by atoms with van der Waals surface area (Å²) in [4.78, 5) is 0.267. The number of benzene rings is 1. The van der Waals surface area contributed by atoms with Gasteiger partial charge in [-0.2, -0.15) is 0 Å². The largest absolute Gasteiger partial charge is 0.384 e. The molecule has 0 aromatic heterocycles. The molecule has 1 aromatic rings. The molecule has 1 aromatic carbocycles. The van der Waals surface area contributed by atoms with Gasteiger partial charge in [0.15, 0.2) is 0 Å². The number of ether oxygens (including phenoxy) is 1. The summed E-state index contributed by atoms with van der Waals surface area (Å²) in [6.45, 7) is 5.69. The molecule has 0 saturated heterocycles. The van der Waals surface area contributed by atoms with E-state index in [1.165, 1.54) is 0 Å². The van der Waals surface area contributed by atoms with Gasteiger partial charge < -0.3 is 10.1 Å². The molecular weight excluding hydrogens is 252 g/mol. The molecule has 0 aliphatic carbocycles. The number of hydrogen-bond acceptors (Lipinski definition) is 4. The van der Waals surface area contributed by atoms with Crippen molar-refractivity contribution in [2.24, 2.45) is 0 Å². The van der Waals surface area contributed by atoms with Crippen LogP contribution in [-0.2, 0) is 14.8 Å². The predicted molar refractivity (Wildman–Crippen MR) is 72.3 cm³/mol. The Morgan fingerprint density at radius 2 is 1.94 bits per heavy atom. The van der Waals surface area contributed by atoms with Crippen LogP contribution in [0.15, 0.2) is 29.2 Å². The van der Waals surface area contributed by atoms with E-state index in [1.54, 1.807) is 24.3 Å². The Balaban J connectivity index is 2.77. The van der Waals surface area contributed by atoms with Gasteiger partial charge in [0.2, 0.25) is 10.0 Å². The summed E-state index contributed by atoms with van der Waals surface area (Å²) in [6.07, 6.45) is 0. The summed E-state index contributed by atoms with van der Waals surface area (Å²) >= 11 is 0. The van der Waals surface area contributed by atoms with Gasteiger partial charge in [0, 0.05) is 19.7 Å². The maximum Gasteiger partial charge on any atom is 0.242 e. The van der Waals surface area contributed by atoms with Crippen LogP contribution in [0.2, 0.25) is 0 Å². The summed E-state index contributed by atoms with van der Waals surface area (Å²) in [5.41, 5.74) is 0.615. The Labute approximate surface area is 109 Å². The summed E-state index contributed by atoms with van der Waals surface area (Å²) < 4.78 is 31.8. The number of sulfonamides is 1. The average molecular weight is 272 g/mol. The van der Waals surface area contributed by atoms with E-state index < -0.39 is 10.0 Å². The van der Waals surface area contributed by atoms with Gasteiger partial charge in [-0.05, 0) is 26.0 Å².